The monoisotopic (exact) mass is 559 g/mol. The van der Waals surface area contributed by atoms with Crippen molar-refractivity contribution in [2.75, 3.05) is 33.2 Å². The van der Waals surface area contributed by atoms with Crippen molar-refractivity contribution in [2.45, 2.75) is 58.6 Å². The Balaban J connectivity index is 0.00000512. The molecular formula is C23H38IN5O3. The van der Waals surface area contributed by atoms with Gasteiger partial charge in [0.05, 0.1) is 0 Å². The van der Waals surface area contributed by atoms with Crippen molar-refractivity contribution in [3.63, 3.8) is 0 Å². The van der Waals surface area contributed by atoms with Crippen molar-refractivity contribution in [3.8, 4) is 0 Å². The molecule has 0 aliphatic carbocycles. The predicted molar refractivity (Wildman–Crippen MR) is 139 cm³/mol. The number of ether oxygens (including phenoxy) is 1. The fraction of sp³-hybridized carbons (Fsp3) is 0.609. The summed E-state index contributed by atoms with van der Waals surface area (Å²) in [6.07, 6.45) is 3.74. The maximum absolute atomic E-state index is 12.6. The molecule has 3 N–H and O–H groups in total. The Labute approximate surface area is 209 Å². The Morgan fingerprint density at radius 1 is 1.00 bits per heavy atom. The number of benzene rings is 1. The SMILES string of the molecule is CN=C(NCCCNC(=O)OC(C)(C)C)NCc1ccc(C(=O)N2CCCCC2)cc1.I. The lowest BCUT2D eigenvalue weighted by Crippen LogP contribution is -2.39. The van der Waals surface area contributed by atoms with E-state index < -0.39 is 11.7 Å². The molecule has 1 aliphatic heterocycles. The first-order chi connectivity index (χ1) is 14.8. The van der Waals surface area contributed by atoms with Gasteiger partial charge >= 0.3 is 6.09 Å². The molecule has 0 unspecified atom stereocenters. The number of aliphatic imine (C=N–C) groups is 1. The zero-order chi connectivity index (χ0) is 22.7. The number of hydrogen-bond donors (Lipinski definition) is 3. The van der Waals surface area contributed by atoms with Crippen LogP contribution in [0.2, 0.25) is 0 Å². The molecule has 0 aromatic heterocycles. The van der Waals surface area contributed by atoms with Gasteiger partial charge in [-0.25, -0.2) is 4.79 Å². The molecule has 1 fully saturated rings. The molecule has 1 aliphatic rings. The van der Waals surface area contributed by atoms with Crippen LogP contribution in [0.3, 0.4) is 0 Å². The van der Waals surface area contributed by atoms with Crippen molar-refractivity contribution in [1.82, 2.24) is 20.9 Å². The summed E-state index contributed by atoms with van der Waals surface area (Å²) >= 11 is 0. The Kier molecular flexibility index (Phi) is 12.4. The van der Waals surface area contributed by atoms with E-state index in [1.165, 1.54) is 6.42 Å². The summed E-state index contributed by atoms with van der Waals surface area (Å²) < 4.78 is 5.20. The zero-order valence-corrected chi connectivity index (χ0v) is 22.0. The Morgan fingerprint density at radius 2 is 1.62 bits per heavy atom. The van der Waals surface area contributed by atoms with E-state index in [2.05, 4.69) is 20.9 Å². The average molecular weight is 559 g/mol. The van der Waals surface area contributed by atoms with Gasteiger partial charge in [0.1, 0.15) is 5.60 Å². The number of nitrogens with zero attached hydrogens (tertiary/aromatic N) is 2. The van der Waals surface area contributed by atoms with Gasteiger partial charge in [-0.15, -0.1) is 24.0 Å². The summed E-state index contributed by atoms with van der Waals surface area (Å²) in [7, 11) is 1.72. The van der Waals surface area contributed by atoms with Crippen molar-refractivity contribution >= 4 is 41.9 Å². The minimum Gasteiger partial charge on any atom is -0.444 e. The highest BCUT2D eigenvalue weighted by Crippen LogP contribution is 2.14. The first-order valence-corrected chi connectivity index (χ1v) is 11.1. The summed E-state index contributed by atoms with van der Waals surface area (Å²) in [4.78, 5) is 30.3. The van der Waals surface area contributed by atoms with E-state index in [9.17, 15) is 9.59 Å². The number of amides is 2. The van der Waals surface area contributed by atoms with Crippen molar-refractivity contribution < 1.29 is 14.3 Å². The van der Waals surface area contributed by atoms with Gasteiger partial charge in [-0.2, -0.15) is 0 Å². The van der Waals surface area contributed by atoms with E-state index in [4.69, 9.17) is 4.74 Å². The maximum atomic E-state index is 12.6. The van der Waals surface area contributed by atoms with Gasteiger partial charge in [-0.05, 0) is 64.2 Å². The van der Waals surface area contributed by atoms with Gasteiger partial charge in [-0.3, -0.25) is 9.79 Å². The Hall–Kier alpha value is -2.04. The van der Waals surface area contributed by atoms with Crippen molar-refractivity contribution in [1.29, 1.82) is 0 Å². The maximum Gasteiger partial charge on any atom is 0.407 e. The summed E-state index contributed by atoms with van der Waals surface area (Å²) in [5, 5.41) is 9.21. The fourth-order valence-corrected chi connectivity index (χ4v) is 3.25. The van der Waals surface area contributed by atoms with E-state index >= 15 is 0 Å². The van der Waals surface area contributed by atoms with Crippen LogP contribution in [0.1, 0.15) is 62.4 Å². The molecule has 2 rings (SSSR count). The number of piperidine rings is 1. The van der Waals surface area contributed by atoms with Crippen LogP contribution >= 0.6 is 24.0 Å². The van der Waals surface area contributed by atoms with Crippen LogP contribution in [0, 0.1) is 0 Å². The van der Waals surface area contributed by atoms with Crippen LogP contribution in [-0.4, -0.2) is 61.7 Å². The molecule has 0 atom stereocenters. The Morgan fingerprint density at radius 3 is 2.22 bits per heavy atom. The molecule has 1 heterocycles. The summed E-state index contributed by atoms with van der Waals surface area (Å²) in [5.41, 5.74) is 1.32. The first-order valence-electron chi connectivity index (χ1n) is 11.1. The second-order valence-corrected chi connectivity index (χ2v) is 8.68. The van der Waals surface area contributed by atoms with Gasteiger partial charge < -0.3 is 25.6 Å². The minimum atomic E-state index is -0.493. The highest BCUT2D eigenvalue weighted by atomic mass is 127. The molecule has 9 heteroatoms. The third-order valence-electron chi connectivity index (χ3n) is 4.84. The summed E-state index contributed by atoms with van der Waals surface area (Å²) in [6, 6.07) is 7.74. The molecule has 1 aromatic carbocycles. The van der Waals surface area contributed by atoms with Crippen LogP contribution in [0.5, 0.6) is 0 Å². The Bertz CT molecular complexity index is 741. The molecule has 0 bridgehead atoms. The lowest BCUT2D eigenvalue weighted by atomic mass is 10.1. The van der Waals surface area contributed by atoms with Crippen molar-refractivity contribution in [3.05, 3.63) is 35.4 Å². The average Bonchev–Trinajstić information content (AvgIpc) is 2.75. The lowest BCUT2D eigenvalue weighted by Gasteiger charge is -2.26. The number of halogens is 1. The van der Waals surface area contributed by atoms with E-state index in [0.29, 0.717) is 25.6 Å². The summed E-state index contributed by atoms with van der Waals surface area (Å²) in [6.45, 7) is 9.02. The number of likely N-dealkylation sites (tertiary alicyclic amines) is 1. The fourth-order valence-electron chi connectivity index (χ4n) is 3.25. The molecule has 1 saturated heterocycles. The molecule has 32 heavy (non-hydrogen) atoms. The number of guanidine groups is 1. The van der Waals surface area contributed by atoms with Crippen LogP contribution in [0.15, 0.2) is 29.3 Å². The molecule has 180 valence electrons. The molecule has 0 saturated carbocycles. The van der Waals surface area contributed by atoms with Gasteiger partial charge in [0, 0.05) is 45.3 Å². The van der Waals surface area contributed by atoms with Crippen LogP contribution in [-0.2, 0) is 11.3 Å². The van der Waals surface area contributed by atoms with E-state index in [1.54, 1.807) is 7.05 Å². The highest BCUT2D eigenvalue weighted by Gasteiger charge is 2.18. The third kappa shape index (κ3) is 10.5. The highest BCUT2D eigenvalue weighted by molar-refractivity contribution is 14.0. The second-order valence-electron chi connectivity index (χ2n) is 8.68. The molecular weight excluding hydrogens is 521 g/mol. The standard InChI is InChI=1S/C23H37N5O3.HI/c1-23(2,3)31-22(30)26-14-8-13-25-21(24-4)27-17-18-9-11-19(12-10-18)20(29)28-15-6-5-7-16-28;/h9-12H,5-8,13-17H2,1-4H3,(H,26,30)(H2,24,25,27);1H. The topological polar surface area (TPSA) is 95.1 Å². The number of rotatable bonds is 7. The van der Waals surface area contributed by atoms with E-state index in [-0.39, 0.29) is 29.9 Å². The van der Waals surface area contributed by atoms with Gasteiger partial charge in [0.2, 0.25) is 0 Å². The quantitative estimate of drug-likeness (QED) is 0.206. The number of alkyl carbamates (subject to hydrolysis) is 1. The normalized spacial score (nSPS) is 14.2. The first kappa shape index (κ1) is 28.0. The van der Waals surface area contributed by atoms with Gasteiger partial charge in [0.15, 0.2) is 5.96 Å². The van der Waals surface area contributed by atoms with E-state index in [1.807, 2.05) is 49.9 Å². The van der Waals surface area contributed by atoms with Crippen LogP contribution in [0.25, 0.3) is 0 Å². The molecule has 8 nitrogen and oxygen atoms in total. The minimum absolute atomic E-state index is 0. The van der Waals surface area contributed by atoms with Crippen LogP contribution < -0.4 is 16.0 Å². The van der Waals surface area contributed by atoms with Gasteiger partial charge in [-0.1, -0.05) is 12.1 Å². The predicted octanol–water partition coefficient (Wildman–Crippen LogP) is 3.51. The third-order valence-corrected chi connectivity index (χ3v) is 4.84. The molecule has 0 spiro atoms. The lowest BCUT2D eigenvalue weighted by molar-refractivity contribution is 0.0527. The van der Waals surface area contributed by atoms with Crippen molar-refractivity contribution in [2.24, 2.45) is 4.99 Å². The second kappa shape index (κ2) is 14.2. The molecule has 0 radical (unpaired) electrons. The zero-order valence-electron chi connectivity index (χ0n) is 19.7. The van der Waals surface area contributed by atoms with Crippen LogP contribution in [0.4, 0.5) is 4.79 Å². The molecule has 2 amide bonds. The van der Waals surface area contributed by atoms with Gasteiger partial charge in [0.25, 0.3) is 5.91 Å². The number of carbonyl (C=O) groups excluding carboxylic acids is 2. The smallest absolute Gasteiger partial charge is 0.407 e. The molecule has 1 aromatic rings. The largest absolute Gasteiger partial charge is 0.444 e. The van der Waals surface area contributed by atoms with E-state index in [0.717, 1.165) is 43.5 Å². The number of carbonyl (C=O) groups is 2. The number of hydrogen-bond acceptors (Lipinski definition) is 4. The summed E-state index contributed by atoms with van der Waals surface area (Å²) in [5.74, 6) is 0.808. The number of nitrogens with one attached hydrogen (secondary N) is 3.